The maximum Gasteiger partial charge on any atom is 0.326 e. The number of ketones is 1. The van der Waals surface area contributed by atoms with E-state index in [0.717, 1.165) is 28.6 Å². The van der Waals surface area contributed by atoms with Crippen molar-refractivity contribution in [3.8, 4) is 0 Å². The van der Waals surface area contributed by atoms with Gasteiger partial charge in [0.1, 0.15) is 6.54 Å². The van der Waals surface area contributed by atoms with E-state index < -0.39 is 19.1 Å². The Labute approximate surface area is 162 Å². The fourth-order valence-corrected chi connectivity index (χ4v) is 4.42. The second-order valence-electron chi connectivity index (χ2n) is 7.51. The molecule has 2 amide bonds. The lowest BCUT2D eigenvalue weighted by Crippen LogP contribution is -2.37. The monoisotopic (exact) mass is 382 g/mol. The summed E-state index contributed by atoms with van der Waals surface area (Å²) in [5, 5.41) is 0.773. The maximum atomic E-state index is 12.6. The Kier molecular flexibility index (Phi) is 4.75. The normalized spacial score (nSPS) is 21.8. The molecule has 1 N–H and O–H groups in total. The van der Waals surface area contributed by atoms with Crippen LogP contribution in [0.15, 0.2) is 24.3 Å². The molecular formula is C21H22N2O5. The Bertz CT molecular complexity index is 952. The number of rotatable bonds is 5. The number of fused-ring (bicyclic) bond motifs is 2. The van der Waals surface area contributed by atoms with Gasteiger partial charge >= 0.3 is 5.97 Å². The molecule has 7 heteroatoms. The second kappa shape index (κ2) is 7.22. The largest absolute Gasteiger partial charge is 0.456 e. The molecule has 1 saturated heterocycles. The molecule has 1 aromatic heterocycles. The van der Waals surface area contributed by atoms with Crippen LogP contribution in [-0.4, -0.2) is 46.6 Å². The number of benzene rings is 1. The fourth-order valence-electron chi connectivity index (χ4n) is 4.42. The van der Waals surface area contributed by atoms with Crippen molar-refractivity contribution >= 4 is 34.5 Å². The number of aromatic nitrogens is 1. The van der Waals surface area contributed by atoms with Crippen LogP contribution in [0.5, 0.6) is 0 Å². The second-order valence-corrected chi connectivity index (χ2v) is 7.51. The van der Waals surface area contributed by atoms with Gasteiger partial charge in [0.25, 0.3) is 0 Å². The highest BCUT2D eigenvalue weighted by molar-refractivity contribution is 6.10. The summed E-state index contributed by atoms with van der Waals surface area (Å²) in [4.78, 5) is 53.8. The van der Waals surface area contributed by atoms with Crippen LogP contribution in [0.3, 0.4) is 0 Å². The number of carbonyl (C=O) groups excluding carboxylic acids is 4. The van der Waals surface area contributed by atoms with Crippen molar-refractivity contribution < 1.29 is 23.9 Å². The van der Waals surface area contributed by atoms with E-state index in [1.165, 1.54) is 0 Å². The van der Waals surface area contributed by atoms with Gasteiger partial charge in [-0.1, -0.05) is 31.0 Å². The lowest BCUT2D eigenvalue weighted by atomic mass is 9.81. The Balaban J connectivity index is 1.39. The molecule has 28 heavy (non-hydrogen) atoms. The fraction of sp³-hybridized carbons (Fsp3) is 0.429. The number of likely N-dealkylation sites (tertiary alicyclic amines) is 1. The molecule has 1 aliphatic carbocycles. The molecule has 7 nitrogen and oxygen atoms in total. The molecule has 1 aliphatic heterocycles. The third-order valence-corrected chi connectivity index (χ3v) is 5.76. The number of aryl methyl sites for hydroxylation is 1. The van der Waals surface area contributed by atoms with Gasteiger partial charge in [-0.15, -0.1) is 0 Å². The van der Waals surface area contributed by atoms with Gasteiger partial charge in [0, 0.05) is 22.2 Å². The first-order chi connectivity index (χ1) is 13.5. The summed E-state index contributed by atoms with van der Waals surface area (Å²) >= 11 is 0. The van der Waals surface area contributed by atoms with Crippen molar-refractivity contribution in [3.63, 3.8) is 0 Å². The number of nitrogens with one attached hydrogen (secondary N) is 1. The van der Waals surface area contributed by atoms with Crippen molar-refractivity contribution in [2.45, 2.75) is 32.6 Å². The van der Waals surface area contributed by atoms with E-state index in [-0.39, 0.29) is 29.4 Å². The molecule has 146 valence electrons. The highest BCUT2D eigenvalue weighted by Gasteiger charge is 2.48. The first-order valence-corrected chi connectivity index (χ1v) is 9.58. The number of imide groups is 1. The van der Waals surface area contributed by atoms with Gasteiger partial charge in [0.05, 0.1) is 11.8 Å². The Hall–Kier alpha value is -2.96. The summed E-state index contributed by atoms with van der Waals surface area (Å²) < 4.78 is 5.10. The number of hydrogen-bond donors (Lipinski definition) is 1. The summed E-state index contributed by atoms with van der Waals surface area (Å²) in [6.07, 6.45) is 3.24. The van der Waals surface area contributed by atoms with Gasteiger partial charge in [-0.3, -0.25) is 24.1 Å². The van der Waals surface area contributed by atoms with Crippen molar-refractivity contribution in [1.82, 2.24) is 9.88 Å². The number of hydrogen-bond acceptors (Lipinski definition) is 5. The number of esters is 1. The third-order valence-electron chi connectivity index (χ3n) is 5.76. The van der Waals surface area contributed by atoms with Crippen molar-refractivity contribution in [1.29, 1.82) is 0 Å². The Morgan fingerprint density at radius 3 is 2.43 bits per heavy atom. The number of amides is 2. The average Bonchev–Trinajstić information content (AvgIpc) is 3.15. The number of aromatic amines is 1. The minimum absolute atomic E-state index is 0.287. The van der Waals surface area contributed by atoms with Crippen LogP contribution in [-0.2, 0) is 19.1 Å². The van der Waals surface area contributed by atoms with Gasteiger partial charge in [-0.25, -0.2) is 0 Å². The summed E-state index contributed by atoms with van der Waals surface area (Å²) in [6, 6.07) is 7.41. The highest BCUT2D eigenvalue weighted by atomic mass is 16.5. The van der Waals surface area contributed by atoms with Crippen LogP contribution in [0.25, 0.3) is 10.9 Å². The number of ether oxygens (including phenoxy) is 1. The molecule has 2 aromatic rings. The van der Waals surface area contributed by atoms with Gasteiger partial charge < -0.3 is 9.72 Å². The van der Waals surface area contributed by atoms with Gasteiger partial charge in [0.2, 0.25) is 17.6 Å². The van der Waals surface area contributed by atoms with Crippen LogP contribution in [0.2, 0.25) is 0 Å². The standard InChI is InChI=1S/C21H22N2O5/c1-12-19(15-8-4-5-9-16(15)22-12)17(24)11-28-18(25)10-23-20(26)13-6-2-3-7-14(13)21(23)27/h4-5,8-9,13-14,22H,2-3,6-7,10-11H2,1H3. The predicted molar refractivity (Wildman–Crippen MR) is 100 cm³/mol. The van der Waals surface area contributed by atoms with Crippen LogP contribution in [0.4, 0.5) is 0 Å². The molecule has 2 heterocycles. The van der Waals surface area contributed by atoms with Gasteiger partial charge in [0.15, 0.2) is 6.61 Å². The molecule has 0 radical (unpaired) electrons. The van der Waals surface area contributed by atoms with Crippen LogP contribution < -0.4 is 0 Å². The van der Waals surface area contributed by atoms with E-state index >= 15 is 0 Å². The van der Waals surface area contributed by atoms with E-state index in [1.807, 2.05) is 24.3 Å². The molecule has 2 aliphatic rings. The average molecular weight is 382 g/mol. The van der Waals surface area contributed by atoms with E-state index in [4.69, 9.17) is 4.74 Å². The highest BCUT2D eigenvalue weighted by Crippen LogP contribution is 2.37. The Morgan fingerprint density at radius 1 is 1.11 bits per heavy atom. The lowest BCUT2D eigenvalue weighted by Gasteiger charge is -2.19. The lowest BCUT2D eigenvalue weighted by molar-refractivity contribution is -0.152. The summed E-state index contributed by atoms with van der Waals surface area (Å²) in [6.45, 7) is 0.938. The molecule has 1 aromatic carbocycles. The van der Waals surface area contributed by atoms with Crippen LogP contribution in [0.1, 0.15) is 41.7 Å². The van der Waals surface area contributed by atoms with E-state index in [9.17, 15) is 19.2 Å². The maximum absolute atomic E-state index is 12.6. The SMILES string of the molecule is Cc1[nH]c2ccccc2c1C(=O)COC(=O)CN1C(=O)C2CCCCC2C1=O. The van der Waals surface area contributed by atoms with Crippen molar-refractivity contribution in [3.05, 3.63) is 35.5 Å². The van der Waals surface area contributed by atoms with E-state index in [1.54, 1.807) is 6.92 Å². The molecular weight excluding hydrogens is 360 g/mol. The number of Topliss-reactive ketones (excluding diaryl/α,β-unsaturated/α-hetero) is 1. The molecule has 2 unspecified atom stereocenters. The zero-order chi connectivity index (χ0) is 19.8. The van der Waals surface area contributed by atoms with E-state index in [2.05, 4.69) is 4.98 Å². The topological polar surface area (TPSA) is 96.5 Å². The minimum atomic E-state index is -0.744. The first-order valence-electron chi connectivity index (χ1n) is 9.58. The summed E-state index contributed by atoms with van der Waals surface area (Å²) in [5.74, 6) is -2.24. The number of H-pyrrole nitrogens is 1. The minimum Gasteiger partial charge on any atom is -0.456 e. The molecule has 1 saturated carbocycles. The Morgan fingerprint density at radius 2 is 1.75 bits per heavy atom. The number of carbonyl (C=O) groups is 4. The van der Waals surface area contributed by atoms with Gasteiger partial charge in [-0.05, 0) is 25.8 Å². The molecule has 0 bridgehead atoms. The molecule has 0 spiro atoms. The van der Waals surface area contributed by atoms with E-state index in [0.29, 0.717) is 24.1 Å². The number of nitrogens with zero attached hydrogens (tertiary/aromatic N) is 1. The zero-order valence-corrected chi connectivity index (χ0v) is 15.7. The quantitative estimate of drug-likeness (QED) is 0.487. The molecule has 2 fully saturated rings. The smallest absolute Gasteiger partial charge is 0.326 e. The molecule has 2 atom stereocenters. The van der Waals surface area contributed by atoms with Crippen LogP contribution in [0, 0.1) is 18.8 Å². The third kappa shape index (κ3) is 3.10. The predicted octanol–water partition coefficient (Wildman–Crippen LogP) is 2.38. The number of para-hydroxylation sites is 1. The zero-order valence-electron chi connectivity index (χ0n) is 15.7. The summed E-state index contributed by atoms with van der Waals surface area (Å²) in [5.41, 5.74) is 2.03. The van der Waals surface area contributed by atoms with Crippen molar-refractivity contribution in [2.75, 3.05) is 13.2 Å². The molecule has 4 rings (SSSR count). The first kappa shape index (κ1) is 18.4. The van der Waals surface area contributed by atoms with Crippen LogP contribution >= 0.6 is 0 Å². The van der Waals surface area contributed by atoms with Gasteiger partial charge in [-0.2, -0.15) is 0 Å². The van der Waals surface area contributed by atoms with Crippen molar-refractivity contribution in [2.24, 2.45) is 11.8 Å². The summed E-state index contributed by atoms with van der Waals surface area (Å²) in [7, 11) is 0.